The van der Waals surface area contributed by atoms with Crippen LogP contribution in [0.1, 0.15) is 10.4 Å². The van der Waals surface area contributed by atoms with Gasteiger partial charge in [0.2, 0.25) is 0 Å². The van der Waals surface area contributed by atoms with Crippen molar-refractivity contribution in [2.45, 2.75) is 0 Å². The van der Waals surface area contributed by atoms with E-state index in [1.807, 2.05) is 12.1 Å². The van der Waals surface area contributed by atoms with Crippen LogP contribution in [0.4, 0.5) is 0 Å². The second kappa shape index (κ2) is 9.83. The van der Waals surface area contributed by atoms with Gasteiger partial charge in [0.1, 0.15) is 0 Å². The van der Waals surface area contributed by atoms with E-state index in [2.05, 4.69) is 140 Å². The van der Waals surface area contributed by atoms with Crippen LogP contribution >= 0.6 is 0 Å². The van der Waals surface area contributed by atoms with Crippen LogP contribution in [0.15, 0.2) is 152 Å². The van der Waals surface area contributed by atoms with Gasteiger partial charge in [0.15, 0.2) is 6.29 Å². The molecule has 8 rings (SSSR count). The number of hydrogen-bond donors (Lipinski definition) is 0. The van der Waals surface area contributed by atoms with Gasteiger partial charge in [0.05, 0.1) is 0 Å². The zero-order valence-corrected chi connectivity index (χ0v) is 22.9. The van der Waals surface area contributed by atoms with E-state index >= 15 is 0 Å². The molecule has 0 bridgehead atoms. The monoisotopic (exact) mass is 534 g/mol. The van der Waals surface area contributed by atoms with Crippen molar-refractivity contribution < 1.29 is 4.79 Å². The van der Waals surface area contributed by atoms with Gasteiger partial charge in [-0.3, -0.25) is 4.79 Å². The molecule has 0 fully saturated rings. The van der Waals surface area contributed by atoms with Gasteiger partial charge in [0.25, 0.3) is 0 Å². The molecule has 0 aromatic heterocycles. The highest BCUT2D eigenvalue weighted by Gasteiger charge is 2.21. The number of carbonyl (C=O) groups is 1. The van der Waals surface area contributed by atoms with E-state index in [9.17, 15) is 4.79 Å². The molecule has 0 saturated carbocycles. The molecule has 0 amide bonds. The maximum atomic E-state index is 12.5. The van der Waals surface area contributed by atoms with Gasteiger partial charge in [-0.15, -0.1) is 0 Å². The third kappa shape index (κ3) is 3.83. The summed E-state index contributed by atoms with van der Waals surface area (Å²) >= 11 is 0. The maximum absolute atomic E-state index is 12.5. The smallest absolute Gasteiger partial charge is 0.150 e. The lowest BCUT2D eigenvalue weighted by Gasteiger charge is -2.21. The molecule has 1 nitrogen and oxygen atoms in total. The largest absolute Gasteiger partial charge is 0.298 e. The van der Waals surface area contributed by atoms with E-state index in [1.165, 1.54) is 38.1 Å². The van der Waals surface area contributed by atoms with Gasteiger partial charge in [-0.1, -0.05) is 146 Å². The summed E-state index contributed by atoms with van der Waals surface area (Å²) in [6.45, 7) is 0. The molecule has 0 unspecified atom stereocenters. The summed E-state index contributed by atoms with van der Waals surface area (Å²) in [4.78, 5) is 12.5. The van der Waals surface area contributed by atoms with E-state index in [0.717, 1.165) is 44.7 Å². The highest BCUT2D eigenvalue weighted by atomic mass is 16.1. The Kier molecular flexibility index (Phi) is 5.68. The summed E-state index contributed by atoms with van der Waals surface area (Å²) in [7, 11) is 0. The second-order valence-electron chi connectivity index (χ2n) is 10.8. The zero-order valence-electron chi connectivity index (χ0n) is 22.9. The molecule has 8 aromatic rings. The lowest BCUT2D eigenvalue weighted by Crippen LogP contribution is -1.96. The molecule has 0 saturated heterocycles. The lowest BCUT2D eigenvalue weighted by atomic mass is 9.82. The highest BCUT2D eigenvalue weighted by Crippen LogP contribution is 2.47. The normalized spacial score (nSPS) is 11.4. The fraction of sp³-hybridized carbons (Fsp3) is 0. The number of fused-ring (bicyclic) bond motifs is 4. The molecule has 0 aliphatic carbocycles. The number of aldehydes is 1. The van der Waals surface area contributed by atoms with Gasteiger partial charge >= 0.3 is 0 Å². The fourth-order valence-electron chi connectivity index (χ4n) is 6.59. The van der Waals surface area contributed by atoms with Crippen molar-refractivity contribution in [3.8, 4) is 33.4 Å². The van der Waals surface area contributed by atoms with Crippen LogP contribution in [0.3, 0.4) is 0 Å². The molecule has 0 radical (unpaired) electrons. The average Bonchev–Trinajstić information content (AvgIpc) is 3.06. The summed E-state index contributed by atoms with van der Waals surface area (Å²) in [5.41, 5.74) is 7.39. The Balaban J connectivity index is 1.55. The summed E-state index contributed by atoms with van der Waals surface area (Å²) < 4.78 is 0. The number of benzene rings is 8. The third-order valence-electron chi connectivity index (χ3n) is 8.52. The molecule has 0 heterocycles. The first-order chi connectivity index (χ1) is 20.8. The molecule has 42 heavy (non-hydrogen) atoms. The summed E-state index contributed by atoms with van der Waals surface area (Å²) in [5.74, 6) is 0. The van der Waals surface area contributed by atoms with Gasteiger partial charge in [-0.05, 0) is 77.0 Å². The molecule has 196 valence electrons. The van der Waals surface area contributed by atoms with Crippen molar-refractivity contribution in [3.05, 3.63) is 157 Å². The number of hydrogen-bond acceptors (Lipinski definition) is 1. The minimum Gasteiger partial charge on any atom is -0.298 e. The van der Waals surface area contributed by atoms with E-state index in [-0.39, 0.29) is 0 Å². The first kappa shape index (κ1) is 24.3. The molecule has 0 N–H and O–H groups in total. The van der Waals surface area contributed by atoms with Crippen molar-refractivity contribution in [2.24, 2.45) is 0 Å². The molecule has 0 atom stereocenters. The Labute approximate surface area is 244 Å². The summed E-state index contributed by atoms with van der Waals surface area (Å²) in [6, 6.07) is 53.7. The number of carbonyl (C=O) groups excluding carboxylic acids is 1. The second-order valence-corrected chi connectivity index (χ2v) is 10.8. The topological polar surface area (TPSA) is 17.1 Å². The highest BCUT2D eigenvalue weighted by molar-refractivity contribution is 6.16. The predicted octanol–water partition coefficient (Wildman–Crippen LogP) is 11.1. The van der Waals surface area contributed by atoms with Crippen LogP contribution < -0.4 is 0 Å². The van der Waals surface area contributed by atoms with E-state index in [4.69, 9.17) is 0 Å². The van der Waals surface area contributed by atoms with Gasteiger partial charge in [0, 0.05) is 11.1 Å². The quantitative estimate of drug-likeness (QED) is 0.205. The minimum absolute atomic E-state index is 0.693. The lowest BCUT2D eigenvalue weighted by molar-refractivity contribution is 0.112. The standard InChI is InChI=1S/C41H26O/c42-26-33-20-18-28-10-3-7-15-35(28)40(33)38-24-22-30-12-5-8-16-36(30)41(38)37-23-21-29-11-4-6-14-34(29)39(37)32-19-17-27-9-1-2-13-31(27)25-32/h1-26H. The maximum Gasteiger partial charge on any atom is 0.150 e. The first-order valence-electron chi connectivity index (χ1n) is 14.3. The molecule has 0 aliphatic heterocycles. The molecule has 8 aromatic carbocycles. The Morgan fingerprint density at radius 3 is 1.43 bits per heavy atom. The molecule has 0 aliphatic rings. The first-order valence-corrected chi connectivity index (χ1v) is 14.3. The van der Waals surface area contributed by atoms with Gasteiger partial charge < -0.3 is 0 Å². The Hall–Kier alpha value is -5.53. The van der Waals surface area contributed by atoms with Crippen LogP contribution in [-0.4, -0.2) is 6.29 Å². The molecular formula is C41H26O. The van der Waals surface area contributed by atoms with Gasteiger partial charge in [-0.25, -0.2) is 0 Å². The van der Waals surface area contributed by atoms with E-state index in [0.29, 0.717) is 5.56 Å². The minimum atomic E-state index is 0.693. The van der Waals surface area contributed by atoms with Crippen LogP contribution in [0.25, 0.3) is 76.5 Å². The summed E-state index contributed by atoms with van der Waals surface area (Å²) in [6.07, 6.45) is 0.991. The SMILES string of the molecule is O=Cc1ccc2ccccc2c1-c1ccc2ccccc2c1-c1ccc2ccccc2c1-c1ccc2ccccc2c1. The fourth-order valence-corrected chi connectivity index (χ4v) is 6.59. The van der Waals surface area contributed by atoms with Gasteiger partial charge in [-0.2, -0.15) is 0 Å². The Morgan fingerprint density at radius 1 is 0.357 bits per heavy atom. The zero-order chi connectivity index (χ0) is 28.0. The molecule has 0 spiro atoms. The predicted molar refractivity (Wildman–Crippen MR) is 178 cm³/mol. The van der Waals surface area contributed by atoms with Crippen molar-refractivity contribution in [3.63, 3.8) is 0 Å². The van der Waals surface area contributed by atoms with Crippen LogP contribution in [0, 0.1) is 0 Å². The Morgan fingerprint density at radius 2 is 0.810 bits per heavy atom. The van der Waals surface area contributed by atoms with Crippen molar-refractivity contribution in [1.29, 1.82) is 0 Å². The van der Waals surface area contributed by atoms with Crippen molar-refractivity contribution >= 4 is 49.4 Å². The van der Waals surface area contributed by atoms with Crippen molar-refractivity contribution in [1.82, 2.24) is 0 Å². The summed E-state index contributed by atoms with van der Waals surface area (Å²) in [5, 5.41) is 9.36. The Bertz CT molecular complexity index is 2330. The molecule has 1 heteroatoms. The number of rotatable bonds is 4. The molecular weight excluding hydrogens is 508 g/mol. The average molecular weight is 535 g/mol. The van der Waals surface area contributed by atoms with Crippen LogP contribution in [0.2, 0.25) is 0 Å². The van der Waals surface area contributed by atoms with E-state index in [1.54, 1.807) is 0 Å². The third-order valence-corrected chi connectivity index (χ3v) is 8.52. The van der Waals surface area contributed by atoms with Crippen molar-refractivity contribution in [2.75, 3.05) is 0 Å². The van der Waals surface area contributed by atoms with E-state index < -0.39 is 0 Å². The van der Waals surface area contributed by atoms with Crippen LogP contribution in [-0.2, 0) is 0 Å². The van der Waals surface area contributed by atoms with Crippen LogP contribution in [0.5, 0.6) is 0 Å².